The maximum atomic E-state index is 12.0. The molecule has 2 aromatic heterocycles. The van der Waals surface area contributed by atoms with E-state index < -0.39 is 0 Å². The second-order valence-electron chi connectivity index (χ2n) is 5.82. The van der Waals surface area contributed by atoms with E-state index in [9.17, 15) is 4.79 Å². The average Bonchev–Trinajstić information content (AvgIpc) is 3.10. The van der Waals surface area contributed by atoms with E-state index in [0.29, 0.717) is 24.7 Å². The molecule has 0 atom stereocenters. The van der Waals surface area contributed by atoms with E-state index >= 15 is 0 Å². The highest BCUT2D eigenvalue weighted by Crippen LogP contribution is 2.38. The monoisotopic (exact) mass is 271 g/mol. The Morgan fingerprint density at radius 1 is 1.25 bits per heavy atom. The van der Waals surface area contributed by atoms with Gasteiger partial charge in [-0.3, -0.25) is 4.79 Å². The first-order valence-electron chi connectivity index (χ1n) is 7.34. The molecule has 0 N–H and O–H groups in total. The molecule has 5 nitrogen and oxygen atoms in total. The van der Waals surface area contributed by atoms with Gasteiger partial charge in [-0.2, -0.15) is 4.98 Å². The van der Waals surface area contributed by atoms with Crippen LogP contribution in [0.5, 0.6) is 0 Å². The van der Waals surface area contributed by atoms with Crippen LogP contribution in [0.15, 0.2) is 16.9 Å². The van der Waals surface area contributed by atoms with Gasteiger partial charge < -0.3 is 9.09 Å². The van der Waals surface area contributed by atoms with Gasteiger partial charge in [0.2, 0.25) is 5.89 Å². The summed E-state index contributed by atoms with van der Waals surface area (Å²) in [5.74, 6) is 2.22. The normalized spacial score (nSPS) is 18.9. The zero-order chi connectivity index (χ0) is 13.5. The first-order chi connectivity index (χ1) is 9.79. The molecule has 0 bridgehead atoms. The third-order valence-electron chi connectivity index (χ3n) is 4.10. The summed E-state index contributed by atoms with van der Waals surface area (Å²) in [6.45, 7) is 0.580. The SMILES string of the molecule is O=C1CCCCc2cn(Cc3noc(C4CC4)n3)cc21. The number of carbonyl (C=O) groups excluding carboxylic acids is 1. The van der Waals surface area contributed by atoms with Gasteiger partial charge in [-0.05, 0) is 37.7 Å². The molecule has 4 rings (SSSR count). The summed E-state index contributed by atoms with van der Waals surface area (Å²) in [6.07, 6.45) is 10.1. The van der Waals surface area contributed by atoms with Crippen LogP contribution in [0.25, 0.3) is 0 Å². The van der Waals surface area contributed by atoms with Crippen LogP contribution >= 0.6 is 0 Å². The molecule has 2 heterocycles. The summed E-state index contributed by atoms with van der Waals surface area (Å²) < 4.78 is 7.27. The lowest BCUT2D eigenvalue weighted by atomic mass is 10.1. The van der Waals surface area contributed by atoms with Gasteiger partial charge in [0.15, 0.2) is 11.6 Å². The predicted octanol–water partition coefficient (Wildman–Crippen LogP) is 2.71. The minimum atomic E-state index is 0.267. The Hall–Kier alpha value is -1.91. The van der Waals surface area contributed by atoms with Crippen LogP contribution in [-0.4, -0.2) is 20.5 Å². The second-order valence-corrected chi connectivity index (χ2v) is 5.82. The van der Waals surface area contributed by atoms with E-state index in [4.69, 9.17) is 4.52 Å². The van der Waals surface area contributed by atoms with Gasteiger partial charge in [-0.15, -0.1) is 0 Å². The zero-order valence-electron chi connectivity index (χ0n) is 11.3. The fourth-order valence-corrected chi connectivity index (χ4v) is 2.82. The summed E-state index contributed by atoms with van der Waals surface area (Å²) in [7, 11) is 0. The summed E-state index contributed by atoms with van der Waals surface area (Å²) >= 11 is 0. The van der Waals surface area contributed by atoms with Gasteiger partial charge in [0.05, 0.1) is 6.54 Å². The number of ketones is 1. The van der Waals surface area contributed by atoms with Crippen LogP contribution in [-0.2, 0) is 13.0 Å². The number of aromatic nitrogens is 3. The standard InChI is InChI=1S/C15H17N3O2/c19-13-4-2-1-3-11-7-18(8-12(11)13)9-14-16-15(20-17-14)10-5-6-10/h7-8,10H,1-6,9H2. The molecular weight excluding hydrogens is 254 g/mol. The Balaban J connectivity index is 1.56. The molecule has 2 aromatic rings. The van der Waals surface area contributed by atoms with Crippen molar-refractivity contribution in [3.63, 3.8) is 0 Å². The van der Waals surface area contributed by atoms with Gasteiger partial charge in [-0.25, -0.2) is 0 Å². The van der Waals surface area contributed by atoms with Gasteiger partial charge in [-0.1, -0.05) is 5.16 Å². The molecule has 0 spiro atoms. The highest BCUT2D eigenvalue weighted by molar-refractivity contribution is 5.97. The lowest BCUT2D eigenvalue weighted by molar-refractivity contribution is 0.0982. The van der Waals surface area contributed by atoms with Crippen LogP contribution in [0.3, 0.4) is 0 Å². The van der Waals surface area contributed by atoms with Crippen molar-refractivity contribution in [2.45, 2.75) is 51.0 Å². The van der Waals surface area contributed by atoms with E-state index in [1.165, 1.54) is 5.56 Å². The second kappa shape index (κ2) is 4.58. The molecule has 2 aliphatic carbocycles. The molecule has 5 heteroatoms. The van der Waals surface area contributed by atoms with Gasteiger partial charge >= 0.3 is 0 Å². The zero-order valence-corrected chi connectivity index (χ0v) is 11.3. The van der Waals surface area contributed by atoms with Crippen molar-refractivity contribution in [2.24, 2.45) is 0 Å². The Kier molecular flexibility index (Phi) is 2.72. The molecule has 0 radical (unpaired) electrons. The van der Waals surface area contributed by atoms with E-state index in [0.717, 1.165) is 43.6 Å². The number of hydrogen-bond acceptors (Lipinski definition) is 4. The van der Waals surface area contributed by atoms with Crippen LogP contribution in [0.1, 0.15) is 65.7 Å². The van der Waals surface area contributed by atoms with Gasteiger partial charge in [0.1, 0.15) is 0 Å². The van der Waals surface area contributed by atoms with Gasteiger partial charge in [0, 0.05) is 30.3 Å². The summed E-state index contributed by atoms with van der Waals surface area (Å²) in [6, 6.07) is 0. The molecule has 20 heavy (non-hydrogen) atoms. The fourth-order valence-electron chi connectivity index (χ4n) is 2.82. The number of rotatable bonds is 3. The van der Waals surface area contributed by atoms with Crippen molar-refractivity contribution in [2.75, 3.05) is 0 Å². The summed E-state index contributed by atoms with van der Waals surface area (Å²) in [5, 5.41) is 4.02. The molecule has 1 saturated carbocycles. The first kappa shape index (κ1) is 11.9. The molecule has 1 fully saturated rings. The highest BCUT2D eigenvalue weighted by Gasteiger charge is 2.29. The van der Waals surface area contributed by atoms with Crippen molar-refractivity contribution in [3.05, 3.63) is 35.2 Å². The molecule has 0 unspecified atom stereocenters. The molecule has 0 aromatic carbocycles. The Bertz CT molecular complexity index is 652. The number of carbonyl (C=O) groups is 1. The number of aryl methyl sites for hydroxylation is 1. The van der Waals surface area contributed by atoms with Crippen molar-refractivity contribution in [1.29, 1.82) is 0 Å². The number of hydrogen-bond donors (Lipinski definition) is 0. The van der Waals surface area contributed by atoms with Crippen LogP contribution < -0.4 is 0 Å². The van der Waals surface area contributed by atoms with Crippen LogP contribution in [0.4, 0.5) is 0 Å². The van der Waals surface area contributed by atoms with Crippen molar-refractivity contribution < 1.29 is 9.32 Å². The van der Waals surface area contributed by atoms with Crippen molar-refractivity contribution in [1.82, 2.24) is 14.7 Å². The first-order valence-corrected chi connectivity index (χ1v) is 7.34. The molecule has 0 aliphatic heterocycles. The van der Waals surface area contributed by atoms with E-state index in [1.807, 2.05) is 10.8 Å². The minimum absolute atomic E-state index is 0.267. The van der Waals surface area contributed by atoms with E-state index in [1.54, 1.807) is 0 Å². The Morgan fingerprint density at radius 2 is 2.10 bits per heavy atom. The molecule has 2 aliphatic rings. The average molecular weight is 271 g/mol. The van der Waals surface area contributed by atoms with Crippen LogP contribution in [0.2, 0.25) is 0 Å². The highest BCUT2D eigenvalue weighted by atomic mass is 16.5. The smallest absolute Gasteiger partial charge is 0.229 e. The number of fused-ring (bicyclic) bond motifs is 1. The van der Waals surface area contributed by atoms with Crippen molar-refractivity contribution >= 4 is 5.78 Å². The molecule has 0 saturated heterocycles. The lowest BCUT2D eigenvalue weighted by Gasteiger charge is -1.97. The largest absolute Gasteiger partial charge is 0.346 e. The van der Waals surface area contributed by atoms with E-state index in [-0.39, 0.29) is 5.78 Å². The fraction of sp³-hybridized carbons (Fsp3) is 0.533. The Labute approximate surface area is 117 Å². The summed E-state index contributed by atoms with van der Waals surface area (Å²) in [5.41, 5.74) is 2.05. The number of nitrogens with zero attached hydrogens (tertiary/aromatic N) is 3. The van der Waals surface area contributed by atoms with E-state index in [2.05, 4.69) is 16.3 Å². The van der Waals surface area contributed by atoms with Crippen molar-refractivity contribution in [3.8, 4) is 0 Å². The molecular formula is C15H17N3O2. The topological polar surface area (TPSA) is 60.9 Å². The maximum absolute atomic E-state index is 12.0. The lowest BCUT2D eigenvalue weighted by Crippen LogP contribution is -2.00. The molecule has 104 valence electrons. The maximum Gasteiger partial charge on any atom is 0.229 e. The predicted molar refractivity (Wildman–Crippen MR) is 71.7 cm³/mol. The van der Waals surface area contributed by atoms with Gasteiger partial charge in [0.25, 0.3) is 0 Å². The Morgan fingerprint density at radius 3 is 2.95 bits per heavy atom. The van der Waals surface area contributed by atoms with Crippen LogP contribution in [0, 0.1) is 0 Å². The third-order valence-corrected chi connectivity index (χ3v) is 4.10. The number of Topliss-reactive ketones (excluding diaryl/α,β-unsaturated/α-hetero) is 1. The minimum Gasteiger partial charge on any atom is -0.346 e. The third kappa shape index (κ3) is 2.17. The quantitative estimate of drug-likeness (QED) is 0.805. The molecule has 0 amide bonds. The summed E-state index contributed by atoms with van der Waals surface area (Å²) in [4.78, 5) is 16.4.